The van der Waals surface area contributed by atoms with Gasteiger partial charge in [0.25, 0.3) is 0 Å². The molecule has 0 amide bonds. The number of anilines is 1. The van der Waals surface area contributed by atoms with E-state index in [2.05, 4.69) is 249 Å². The first kappa shape index (κ1) is 49.8. The van der Waals surface area contributed by atoms with Crippen LogP contribution in [0.2, 0.25) is 0 Å². The molecule has 2 nitrogen and oxygen atoms in total. The van der Waals surface area contributed by atoms with Crippen LogP contribution in [0.5, 0.6) is 0 Å². The van der Waals surface area contributed by atoms with Crippen molar-refractivity contribution in [1.82, 2.24) is 0 Å². The predicted molar refractivity (Wildman–Crippen MR) is 283 cm³/mol. The first-order valence-corrected chi connectivity index (χ1v) is 23.4. The highest BCUT2D eigenvalue weighted by Gasteiger charge is 2.44. The molecule has 67 heavy (non-hydrogen) atoms. The van der Waals surface area contributed by atoms with E-state index in [0.717, 1.165) is 17.9 Å². The molecule has 0 aliphatic carbocycles. The number of rotatable bonds is 16. The van der Waals surface area contributed by atoms with Crippen LogP contribution in [0.15, 0.2) is 96.7 Å². The van der Waals surface area contributed by atoms with Crippen molar-refractivity contribution in [2.45, 2.75) is 122 Å². The molecule has 0 spiro atoms. The van der Waals surface area contributed by atoms with E-state index in [1.54, 1.807) is 0 Å². The molecule has 5 rings (SSSR count). The fourth-order valence-corrected chi connectivity index (χ4v) is 8.54. The molecule has 0 bridgehead atoms. The largest absolute Gasteiger partial charge is 0.344 e. The van der Waals surface area contributed by atoms with Gasteiger partial charge in [0, 0.05) is 106 Å². The Hall–Kier alpha value is -8.23. The second-order valence-corrected chi connectivity index (χ2v) is 17.1. The number of para-hydroxylation sites is 1. The van der Waals surface area contributed by atoms with Gasteiger partial charge in [0.1, 0.15) is 0 Å². The van der Waals surface area contributed by atoms with E-state index >= 15 is 0 Å². The molecule has 0 aromatic heterocycles. The van der Waals surface area contributed by atoms with Gasteiger partial charge in [0.05, 0.1) is 11.3 Å². The van der Waals surface area contributed by atoms with Crippen LogP contribution < -0.4 is 4.90 Å². The molecule has 0 N–H and O–H groups in total. The van der Waals surface area contributed by atoms with E-state index in [-0.39, 0.29) is 10.8 Å². The summed E-state index contributed by atoms with van der Waals surface area (Å²) >= 11 is 0. The van der Waals surface area contributed by atoms with Gasteiger partial charge in [0.2, 0.25) is 17.4 Å². The van der Waals surface area contributed by atoms with Gasteiger partial charge in [-0.2, -0.15) is 0 Å². The van der Waals surface area contributed by atoms with E-state index < -0.39 is 0 Å². The summed E-state index contributed by atoms with van der Waals surface area (Å²) in [6, 6.07) is 25.1. The van der Waals surface area contributed by atoms with Crippen LogP contribution in [0.25, 0.3) is 10.8 Å². The average Bonchev–Trinajstić information content (AvgIpc) is 3.68. The Morgan fingerprint density at radius 2 is 1.03 bits per heavy atom. The van der Waals surface area contributed by atoms with Crippen LogP contribution >= 0.6 is 0 Å². The molecule has 0 saturated carbocycles. The monoisotopic (exact) mass is 865 g/mol. The van der Waals surface area contributed by atoms with Gasteiger partial charge in [-0.25, -0.2) is 0 Å². The molecule has 0 fully saturated rings. The maximum atomic E-state index is 5.01. The minimum Gasteiger partial charge on any atom is -0.344 e. The Morgan fingerprint density at radius 3 is 1.61 bits per heavy atom. The second-order valence-electron chi connectivity index (χ2n) is 17.1. The number of benzene rings is 3. The van der Waals surface area contributed by atoms with Crippen molar-refractivity contribution in [3.63, 3.8) is 0 Å². The number of terminal acetylenes is 1. The molecule has 0 radical (unpaired) electrons. The first-order chi connectivity index (χ1) is 32.8. The molecule has 3 aromatic rings. The van der Waals surface area contributed by atoms with Crippen molar-refractivity contribution in [2.24, 2.45) is 0 Å². The maximum Gasteiger partial charge on any atom is 0.243 e. The third-order valence-corrected chi connectivity index (χ3v) is 11.8. The van der Waals surface area contributed by atoms with Gasteiger partial charge in [0.15, 0.2) is 0 Å². The Labute approximate surface area is 403 Å². The lowest BCUT2D eigenvalue weighted by Gasteiger charge is -2.27. The van der Waals surface area contributed by atoms with Crippen molar-refractivity contribution in [3.8, 4) is 131 Å². The zero-order valence-corrected chi connectivity index (χ0v) is 39.8. The SMILES string of the molecule is C#CC#CC#CC#CC#CC#CC#CC#CC#CC#CC#C[N+]1=C(/C=C/C=C/C=C2/N(CCCCCCCCCCCCCC)c3ccc4ccccc4c3C2(C)C)C(C)(C)c2ccccc21. The molecule has 0 unspecified atom stereocenters. The number of unbranched alkanes of at least 4 members (excludes halogenated alkanes) is 11. The molecule has 326 valence electrons. The van der Waals surface area contributed by atoms with Crippen molar-refractivity contribution in [3.05, 3.63) is 108 Å². The summed E-state index contributed by atoms with van der Waals surface area (Å²) in [5, 5.41) is 2.63. The smallest absolute Gasteiger partial charge is 0.243 e. The average molecular weight is 866 g/mol. The van der Waals surface area contributed by atoms with E-state index in [9.17, 15) is 0 Å². The molecular weight excluding hydrogens is 809 g/mol. The van der Waals surface area contributed by atoms with E-state index in [0.29, 0.717) is 0 Å². The third kappa shape index (κ3) is 14.6. The quantitative estimate of drug-likeness (QED) is 0.0602. The molecule has 2 aliphatic heterocycles. The van der Waals surface area contributed by atoms with Gasteiger partial charge in [-0.15, -0.1) is 11.0 Å². The highest BCUT2D eigenvalue weighted by molar-refractivity contribution is 6.03. The molecule has 0 atom stereocenters. The lowest BCUT2D eigenvalue weighted by atomic mass is 9.81. The number of hydrogen-bond donors (Lipinski definition) is 0. The van der Waals surface area contributed by atoms with Crippen LogP contribution in [0.1, 0.15) is 123 Å². The summed E-state index contributed by atoms with van der Waals surface area (Å²) in [6.45, 7) is 12.5. The van der Waals surface area contributed by atoms with Crippen LogP contribution in [-0.4, -0.2) is 16.8 Å². The summed E-state index contributed by atoms with van der Waals surface area (Å²) in [4.78, 5) is 2.59. The van der Waals surface area contributed by atoms with Crippen LogP contribution in [0, 0.1) is 131 Å². The maximum absolute atomic E-state index is 5.01. The van der Waals surface area contributed by atoms with Crippen molar-refractivity contribution in [1.29, 1.82) is 0 Å². The van der Waals surface area contributed by atoms with Gasteiger partial charge in [-0.3, -0.25) is 0 Å². The van der Waals surface area contributed by atoms with Crippen molar-refractivity contribution in [2.75, 3.05) is 11.4 Å². The molecule has 2 heterocycles. The van der Waals surface area contributed by atoms with Crippen molar-refractivity contribution >= 4 is 27.9 Å². The van der Waals surface area contributed by atoms with E-state index in [1.165, 1.54) is 110 Å². The Morgan fingerprint density at radius 1 is 0.522 bits per heavy atom. The number of allylic oxidation sites excluding steroid dienone is 6. The van der Waals surface area contributed by atoms with Gasteiger partial charge in [-0.1, -0.05) is 158 Å². The molecule has 2 heteroatoms. The predicted octanol–water partition coefficient (Wildman–Crippen LogP) is 12.3. The Balaban J connectivity index is 1.26. The Bertz CT molecular complexity index is 3140. The van der Waals surface area contributed by atoms with E-state index in [4.69, 9.17) is 6.42 Å². The summed E-state index contributed by atoms with van der Waals surface area (Å²) in [5.74, 6) is 51.8. The number of hydrogen-bond acceptors (Lipinski definition) is 1. The summed E-state index contributed by atoms with van der Waals surface area (Å²) < 4.78 is 2.04. The third-order valence-electron chi connectivity index (χ3n) is 11.8. The number of nitrogens with zero attached hydrogens (tertiary/aromatic N) is 2. The van der Waals surface area contributed by atoms with Crippen molar-refractivity contribution < 1.29 is 4.58 Å². The second kappa shape index (κ2) is 27.2. The van der Waals surface area contributed by atoms with Crippen LogP contribution in [0.3, 0.4) is 0 Å². The normalized spacial score (nSPS) is 13.4. The summed E-state index contributed by atoms with van der Waals surface area (Å²) in [7, 11) is 0. The van der Waals surface area contributed by atoms with Crippen LogP contribution in [0.4, 0.5) is 11.4 Å². The zero-order valence-electron chi connectivity index (χ0n) is 39.8. The molecular formula is C65H57N2+. The summed E-state index contributed by atoms with van der Waals surface area (Å²) in [6.07, 6.45) is 32.1. The standard InChI is InChI=1S/C65H57N2/c1-7-9-11-13-15-17-19-21-22-23-24-25-26-27-28-30-31-33-35-44-54-66-59-49-43-42-48-58(59)64(3,4)61(66)50-38-37-39-51-62-65(5,6)63-57-47-41-40-46-56(57)52-53-60(63)67(62)55-45-36-34-32-29-20-18-16-14-12-10-8-2/h1,37-43,46-53H,8,10,12,14,16,18,20,29,32,34,36,45,55H2,2-6H3/q+1. The summed E-state index contributed by atoms with van der Waals surface area (Å²) in [5.41, 5.74) is 7.02. The Kier molecular flexibility index (Phi) is 20.2. The fourth-order valence-electron chi connectivity index (χ4n) is 8.54. The number of fused-ring (bicyclic) bond motifs is 4. The fraction of sp³-hybridized carbons (Fsp3) is 0.308. The minimum atomic E-state index is -0.266. The van der Waals surface area contributed by atoms with Crippen LogP contribution in [-0.2, 0) is 10.8 Å². The molecule has 2 aliphatic rings. The lowest BCUT2D eigenvalue weighted by molar-refractivity contribution is -0.332. The van der Waals surface area contributed by atoms with Gasteiger partial charge >= 0.3 is 0 Å². The molecule has 3 aromatic carbocycles. The van der Waals surface area contributed by atoms with Gasteiger partial charge < -0.3 is 4.90 Å². The highest BCUT2D eigenvalue weighted by Crippen LogP contribution is 2.51. The minimum absolute atomic E-state index is 0.150. The van der Waals surface area contributed by atoms with Gasteiger partial charge in [-0.05, 0) is 96.1 Å². The topological polar surface area (TPSA) is 6.25 Å². The van der Waals surface area contributed by atoms with E-state index in [1.807, 2.05) is 10.6 Å². The first-order valence-electron chi connectivity index (χ1n) is 23.4. The highest BCUT2D eigenvalue weighted by atomic mass is 15.2. The molecule has 0 saturated heterocycles. The lowest BCUT2D eigenvalue weighted by Crippen LogP contribution is -2.27. The zero-order chi connectivity index (χ0) is 47.4.